The first-order valence-corrected chi connectivity index (χ1v) is 13.4. The van der Waals surface area contributed by atoms with Gasteiger partial charge >= 0.3 is 0 Å². The summed E-state index contributed by atoms with van der Waals surface area (Å²) in [6.45, 7) is 2.57. The molecule has 36 heavy (non-hydrogen) atoms. The van der Waals surface area contributed by atoms with Gasteiger partial charge in [-0.3, -0.25) is 4.57 Å². The van der Waals surface area contributed by atoms with Crippen LogP contribution in [0.3, 0.4) is 0 Å². The first-order chi connectivity index (χ1) is 17.3. The molecule has 1 aromatic carbocycles. The van der Waals surface area contributed by atoms with E-state index in [1.54, 1.807) is 48.5 Å². The molecule has 0 amide bonds. The van der Waals surface area contributed by atoms with E-state index in [-0.39, 0.29) is 16.8 Å². The number of fused-ring (bicyclic) bond motifs is 1. The zero-order valence-corrected chi connectivity index (χ0v) is 20.7. The highest BCUT2D eigenvalue weighted by Crippen LogP contribution is 2.35. The number of sulfone groups is 1. The van der Waals surface area contributed by atoms with Crippen molar-refractivity contribution in [2.45, 2.75) is 37.3 Å². The summed E-state index contributed by atoms with van der Waals surface area (Å²) in [6.07, 6.45) is 3.88. The standard InChI is InChI=1S/C25H25N7O3S/c1-16-27-24-19(29-18-9-3-4-10-20(18)36(2,33)34)14-22(30-21-11-7-8-17(15-26)28-21)31-25(24)32(16)23-12-5-6-13-35-23/h3-4,7-11,14,23H,5-6,12-13H2,1-2H3,(H2,28,29,30,31). The van der Waals surface area contributed by atoms with Crippen molar-refractivity contribution in [1.29, 1.82) is 5.26 Å². The van der Waals surface area contributed by atoms with Gasteiger partial charge in [-0.25, -0.2) is 23.4 Å². The van der Waals surface area contributed by atoms with Crippen molar-refractivity contribution >= 4 is 44.0 Å². The predicted octanol–water partition coefficient (Wildman–Crippen LogP) is 4.60. The lowest BCUT2D eigenvalue weighted by atomic mass is 10.2. The van der Waals surface area contributed by atoms with Crippen molar-refractivity contribution in [3.8, 4) is 6.07 Å². The SMILES string of the molecule is Cc1nc2c(Nc3ccccc3S(C)(=O)=O)cc(Nc3cccc(C#N)n3)nc2n1C1CCCCO1. The number of imidazole rings is 1. The largest absolute Gasteiger partial charge is 0.358 e. The maximum atomic E-state index is 12.4. The van der Waals surface area contributed by atoms with Gasteiger partial charge in [-0.15, -0.1) is 0 Å². The van der Waals surface area contributed by atoms with Crippen LogP contribution in [0.15, 0.2) is 53.4 Å². The summed E-state index contributed by atoms with van der Waals surface area (Å²) in [6, 6.07) is 15.6. The van der Waals surface area contributed by atoms with E-state index in [9.17, 15) is 13.7 Å². The molecule has 184 valence electrons. The quantitative estimate of drug-likeness (QED) is 0.387. The normalized spacial score (nSPS) is 16.0. The summed E-state index contributed by atoms with van der Waals surface area (Å²) in [5, 5.41) is 15.6. The number of aromatic nitrogens is 4. The Kier molecular flexibility index (Phi) is 6.30. The molecule has 4 aromatic rings. The minimum absolute atomic E-state index is 0.180. The summed E-state index contributed by atoms with van der Waals surface area (Å²) >= 11 is 0. The number of nitriles is 1. The number of pyridine rings is 2. The second-order valence-electron chi connectivity index (χ2n) is 8.62. The molecule has 1 aliphatic heterocycles. The Hall–Kier alpha value is -4.01. The molecular weight excluding hydrogens is 478 g/mol. The Morgan fingerprint density at radius 2 is 1.86 bits per heavy atom. The van der Waals surface area contributed by atoms with Crippen LogP contribution in [0, 0.1) is 18.3 Å². The Labute approximate surface area is 208 Å². The van der Waals surface area contributed by atoms with Gasteiger partial charge in [-0.1, -0.05) is 18.2 Å². The molecule has 11 heteroatoms. The van der Waals surface area contributed by atoms with Gasteiger partial charge in [-0.2, -0.15) is 5.26 Å². The average Bonchev–Trinajstić information content (AvgIpc) is 3.20. The molecule has 0 saturated carbocycles. The number of benzene rings is 1. The number of hydrogen-bond acceptors (Lipinski definition) is 9. The average molecular weight is 504 g/mol. The van der Waals surface area contributed by atoms with E-state index < -0.39 is 9.84 Å². The lowest BCUT2D eigenvalue weighted by Gasteiger charge is -2.25. The molecule has 3 aromatic heterocycles. The Bertz CT molecular complexity index is 1590. The third-order valence-corrected chi connectivity index (χ3v) is 7.10. The van der Waals surface area contributed by atoms with E-state index in [2.05, 4.69) is 15.6 Å². The summed E-state index contributed by atoms with van der Waals surface area (Å²) in [5.74, 6) is 1.66. The van der Waals surface area contributed by atoms with Crippen LogP contribution in [0.25, 0.3) is 11.2 Å². The van der Waals surface area contributed by atoms with Gasteiger partial charge in [0.1, 0.15) is 41.0 Å². The van der Waals surface area contributed by atoms with Gasteiger partial charge in [0, 0.05) is 18.9 Å². The number of para-hydroxylation sites is 1. The van der Waals surface area contributed by atoms with Gasteiger partial charge < -0.3 is 15.4 Å². The molecule has 5 rings (SSSR count). The minimum Gasteiger partial charge on any atom is -0.358 e. The van der Waals surface area contributed by atoms with Crippen molar-refractivity contribution in [2.24, 2.45) is 0 Å². The van der Waals surface area contributed by atoms with E-state index in [1.165, 1.54) is 6.26 Å². The first kappa shape index (κ1) is 23.7. The number of rotatable bonds is 6. The molecule has 0 spiro atoms. The molecule has 1 fully saturated rings. The van der Waals surface area contributed by atoms with E-state index in [0.717, 1.165) is 25.1 Å². The van der Waals surface area contributed by atoms with Gasteiger partial charge in [0.05, 0.1) is 16.3 Å². The van der Waals surface area contributed by atoms with E-state index in [4.69, 9.17) is 14.7 Å². The fourth-order valence-corrected chi connectivity index (χ4v) is 5.18. The first-order valence-electron chi connectivity index (χ1n) is 11.5. The smallest absolute Gasteiger partial charge is 0.177 e. The molecule has 0 radical (unpaired) electrons. The molecule has 1 atom stereocenters. The van der Waals surface area contributed by atoms with Crippen LogP contribution >= 0.6 is 0 Å². The monoisotopic (exact) mass is 503 g/mol. The van der Waals surface area contributed by atoms with Crippen LogP contribution in [0.5, 0.6) is 0 Å². The van der Waals surface area contributed by atoms with Crippen LogP contribution in [0.4, 0.5) is 23.0 Å². The van der Waals surface area contributed by atoms with Crippen molar-refractivity contribution in [3.63, 3.8) is 0 Å². The minimum atomic E-state index is -3.47. The lowest BCUT2D eigenvalue weighted by Crippen LogP contribution is -2.19. The number of aryl methyl sites for hydroxylation is 1. The number of nitrogens with one attached hydrogen (secondary N) is 2. The van der Waals surface area contributed by atoms with Crippen LogP contribution in [-0.2, 0) is 14.6 Å². The van der Waals surface area contributed by atoms with Gasteiger partial charge in [0.2, 0.25) is 0 Å². The van der Waals surface area contributed by atoms with Gasteiger partial charge in [0.25, 0.3) is 0 Å². The van der Waals surface area contributed by atoms with Crippen molar-refractivity contribution in [3.05, 3.63) is 60.0 Å². The fraction of sp³-hybridized carbons (Fsp3) is 0.280. The number of nitrogens with zero attached hydrogens (tertiary/aromatic N) is 5. The van der Waals surface area contributed by atoms with Crippen LogP contribution in [-0.4, -0.2) is 40.8 Å². The number of ether oxygens (including phenoxy) is 1. The van der Waals surface area contributed by atoms with Crippen LogP contribution in [0.2, 0.25) is 0 Å². The highest BCUT2D eigenvalue weighted by Gasteiger charge is 2.24. The van der Waals surface area contributed by atoms with Gasteiger partial charge in [0.15, 0.2) is 15.5 Å². The van der Waals surface area contributed by atoms with Crippen LogP contribution < -0.4 is 10.6 Å². The molecule has 0 aliphatic carbocycles. The third kappa shape index (κ3) is 4.73. The molecule has 2 N–H and O–H groups in total. The highest BCUT2D eigenvalue weighted by molar-refractivity contribution is 7.90. The molecule has 1 aliphatic rings. The van der Waals surface area contributed by atoms with Crippen molar-refractivity contribution in [2.75, 3.05) is 23.5 Å². The zero-order valence-electron chi connectivity index (χ0n) is 19.9. The summed E-state index contributed by atoms with van der Waals surface area (Å²) in [7, 11) is -3.47. The summed E-state index contributed by atoms with van der Waals surface area (Å²) < 4.78 is 32.8. The van der Waals surface area contributed by atoms with Gasteiger partial charge in [-0.05, 0) is 50.5 Å². The van der Waals surface area contributed by atoms with Crippen molar-refractivity contribution < 1.29 is 13.2 Å². The van der Waals surface area contributed by atoms with E-state index >= 15 is 0 Å². The van der Waals surface area contributed by atoms with E-state index in [1.807, 2.05) is 17.6 Å². The second-order valence-corrected chi connectivity index (χ2v) is 10.6. The zero-order chi connectivity index (χ0) is 25.3. The summed E-state index contributed by atoms with van der Waals surface area (Å²) in [4.78, 5) is 14.1. The molecule has 1 saturated heterocycles. The molecule has 0 bridgehead atoms. The second kappa shape index (κ2) is 9.56. The number of hydrogen-bond donors (Lipinski definition) is 2. The van der Waals surface area contributed by atoms with Crippen LogP contribution in [0.1, 0.15) is 37.0 Å². The third-order valence-electron chi connectivity index (χ3n) is 5.94. The molecule has 10 nitrogen and oxygen atoms in total. The Morgan fingerprint density at radius 3 is 2.61 bits per heavy atom. The van der Waals surface area contributed by atoms with Crippen molar-refractivity contribution in [1.82, 2.24) is 19.5 Å². The maximum absolute atomic E-state index is 12.4. The molecule has 1 unspecified atom stereocenters. The van der Waals surface area contributed by atoms with E-state index in [0.29, 0.717) is 40.8 Å². The summed E-state index contributed by atoms with van der Waals surface area (Å²) in [5.41, 5.74) is 2.48. The molecule has 4 heterocycles. The number of anilines is 4. The predicted molar refractivity (Wildman–Crippen MR) is 136 cm³/mol. The maximum Gasteiger partial charge on any atom is 0.177 e. The topological polar surface area (TPSA) is 135 Å². The molecular formula is C25H25N7O3S. The highest BCUT2D eigenvalue weighted by atomic mass is 32.2. The fourth-order valence-electron chi connectivity index (χ4n) is 4.34. The lowest BCUT2D eigenvalue weighted by molar-refractivity contribution is -0.0308. The Balaban J connectivity index is 1.66. The Morgan fingerprint density at radius 1 is 1.03 bits per heavy atom.